The number of hydrogen-bond acceptors (Lipinski definition) is 6. The Balaban J connectivity index is 1.65. The van der Waals surface area contributed by atoms with Crippen molar-refractivity contribution in [3.05, 3.63) is 16.8 Å². The molecule has 1 aliphatic heterocycles. The van der Waals surface area contributed by atoms with E-state index in [1.54, 1.807) is 16.2 Å². The zero-order valence-electron chi connectivity index (χ0n) is 10.2. The van der Waals surface area contributed by atoms with Crippen LogP contribution in [0.5, 0.6) is 0 Å². The molecule has 1 aliphatic rings. The Morgan fingerprint density at radius 2 is 2.26 bits per heavy atom. The van der Waals surface area contributed by atoms with Crippen molar-refractivity contribution in [3.63, 3.8) is 0 Å². The van der Waals surface area contributed by atoms with Crippen LogP contribution in [0.2, 0.25) is 0 Å². The minimum atomic E-state index is -0.00225. The summed E-state index contributed by atoms with van der Waals surface area (Å²) in [6.45, 7) is 2.57. The SMILES string of the molecule is O=C(Cn1nnc(-c2ccsc2)n1)N1CCOCC1. The lowest BCUT2D eigenvalue weighted by Gasteiger charge is -2.26. The molecule has 0 aromatic carbocycles. The molecule has 0 aliphatic carbocycles. The molecule has 2 aromatic rings. The molecule has 3 rings (SSSR count). The molecule has 8 heteroatoms. The molecule has 0 radical (unpaired) electrons. The summed E-state index contributed by atoms with van der Waals surface area (Å²) >= 11 is 1.57. The maximum absolute atomic E-state index is 12.0. The third-order valence-electron chi connectivity index (χ3n) is 2.87. The summed E-state index contributed by atoms with van der Waals surface area (Å²) in [6.07, 6.45) is 0. The number of thiophene rings is 1. The van der Waals surface area contributed by atoms with Crippen molar-refractivity contribution in [2.45, 2.75) is 6.54 Å². The molecule has 1 fully saturated rings. The average molecular weight is 279 g/mol. The van der Waals surface area contributed by atoms with Crippen molar-refractivity contribution in [2.75, 3.05) is 26.3 Å². The first-order valence-electron chi connectivity index (χ1n) is 5.99. The van der Waals surface area contributed by atoms with Crippen LogP contribution < -0.4 is 0 Å². The van der Waals surface area contributed by atoms with Gasteiger partial charge in [0.1, 0.15) is 6.54 Å². The maximum Gasteiger partial charge on any atom is 0.246 e. The lowest BCUT2D eigenvalue weighted by atomic mass is 10.3. The van der Waals surface area contributed by atoms with Crippen molar-refractivity contribution in [3.8, 4) is 11.4 Å². The van der Waals surface area contributed by atoms with E-state index in [0.717, 1.165) is 5.56 Å². The smallest absolute Gasteiger partial charge is 0.246 e. The lowest BCUT2D eigenvalue weighted by molar-refractivity contribution is -0.136. The van der Waals surface area contributed by atoms with E-state index in [2.05, 4.69) is 15.4 Å². The van der Waals surface area contributed by atoms with Crippen molar-refractivity contribution < 1.29 is 9.53 Å². The Kier molecular flexibility index (Phi) is 3.51. The molecule has 0 spiro atoms. The van der Waals surface area contributed by atoms with Gasteiger partial charge in [-0.15, -0.1) is 10.2 Å². The summed E-state index contributed by atoms with van der Waals surface area (Å²) in [5, 5.41) is 16.0. The van der Waals surface area contributed by atoms with Crippen LogP contribution in [-0.4, -0.2) is 57.3 Å². The van der Waals surface area contributed by atoms with Gasteiger partial charge in [-0.25, -0.2) is 0 Å². The standard InChI is InChI=1S/C11H13N5O2S/c17-10(15-2-4-18-5-3-15)7-16-13-11(12-14-16)9-1-6-19-8-9/h1,6,8H,2-5,7H2. The molecule has 0 saturated carbocycles. The molecule has 0 unspecified atom stereocenters. The Hall–Kier alpha value is -1.80. The first-order chi connectivity index (χ1) is 9.33. The van der Waals surface area contributed by atoms with Crippen molar-refractivity contribution in [1.29, 1.82) is 0 Å². The van der Waals surface area contributed by atoms with Crippen molar-refractivity contribution in [1.82, 2.24) is 25.1 Å². The van der Waals surface area contributed by atoms with E-state index in [1.165, 1.54) is 4.80 Å². The fraction of sp³-hybridized carbons (Fsp3) is 0.455. The number of morpholine rings is 1. The van der Waals surface area contributed by atoms with Crippen LogP contribution in [0.1, 0.15) is 0 Å². The molecule has 0 atom stereocenters. The number of ether oxygens (including phenoxy) is 1. The number of tetrazole rings is 1. The molecule has 3 heterocycles. The van der Waals surface area contributed by atoms with E-state index >= 15 is 0 Å². The highest BCUT2D eigenvalue weighted by Crippen LogP contribution is 2.16. The Morgan fingerprint density at radius 3 is 3.00 bits per heavy atom. The molecular formula is C11H13N5O2S. The van der Waals surface area contributed by atoms with Crippen LogP contribution in [0, 0.1) is 0 Å². The minimum Gasteiger partial charge on any atom is -0.378 e. The zero-order valence-corrected chi connectivity index (χ0v) is 11.0. The number of rotatable bonds is 3. The zero-order chi connectivity index (χ0) is 13.1. The van der Waals surface area contributed by atoms with Gasteiger partial charge < -0.3 is 9.64 Å². The van der Waals surface area contributed by atoms with Gasteiger partial charge in [-0.05, 0) is 16.7 Å². The van der Waals surface area contributed by atoms with Crippen LogP contribution in [0.15, 0.2) is 16.8 Å². The molecule has 0 N–H and O–H groups in total. The highest BCUT2D eigenvalue weighted by molar-refractivity contribution is 7.08. The predicted octanol–water partition coefficient (Wildman–Crippen LogP) is 0.260. The van der Waals surface area contributed by atoms with Crippen molar-refractivity contribution in [2.24, 2.45) is 0 Å². The predicted molar refractivity (Wildman–Crippen MR) is 68.5 cm³/mol. The Labute approximate surface area is 113 Å². The first kappa shape index (κ1) is 12.2. The van der Waals surface area contributed by atoms with Gasteiger partial charge in [-0.2, -0.15) is 16.1 Å². The summed E-state index contributed by atoms with van der Waals surface area (Å²) in [4.78, 5) is 15.1. The van der Waals surface area contributed by atoms with E-state index in [9.17, 15) is 4.79 Å². The topological polar surface area (TPSA) is 73.1 Å². The van der Waals surface area contributed by atoms with E-state index in [4.69, 9.17) is 4.74 Å². The lowest BCUT2D eigenvalue weighted by Crippen LogP contribution is -2.42. The van der Waals surface area contributed by atoms with E-state index in [0.29, 0.717) is 32.1 Å². The third-order valence-corrected chi connectivity index (χ3v) is 3.56. The quantitative estimate of drug-likeness (QED) is 0.806. The van der Waals surface area contributed by atoms with Gasteiger partial charge in [-0.3, -0.25) is 4.79 Å². The average Bonchev–Trinajstić information content (AvgIpc) is 3.10. The molecule has 1 amide bonds. The fourth-order valence-electron chi connectivity index (χ4n) is 1.85. The number of aromatic nitrogens is 4. The third kappa shape index (κ3) is 2.79. The van der Waals surface area contributed by atoms with Gasteiger partial charge >= 0.3 is 0 Å². The normalized spacial score (nSPS) is 15.7. The second-order valence-corrected chi connectivity index (χ2v) is 4.93. The van der Waals surface area contributed by atoms with Crippen LogP contribution in [-0.2, 0) is 16.1 Å². The van der Waals surface area contributed by atoms with E-state index in [-0.39, 0.29) is 12.5 Å². The van der Waals surface area contributed by atoms with Crippen LogP contribution in [0.4, 0.5) is 0 Å². The van der Waals surface area contributed by atoms with E-state index < -0.39 is 0 Å². The Bertz CT molecular complexity index is 547. The van der Waals surface area contributed by atoms with Gasteiger partial charge in [0.25, 0.3) is 0 Å². The van der Waals surface area contributed by atoms with Gasteiger partial charge in [0.2, 0.25) is 11.7 Å². The highest BCUT2D eigenvalue weighted by Gasteiger charge is 2.18. The molecular weight excluding hydrogens is 266 g/mol. The molecule has 100 valence electrons. The van der Waals surface area contributed by atoms with Gasteiger partial charge in [0.15, 0.2) is 0 Å². The summed E-state index contributed by atoms with van der Waals surface area (Å²) in [7, 11) is 0. The monoisotopic (exact) mass is 279 g/mol. The second-order valence-electron chi connectivity index (χ2n) is 4.15. The van der Waals surface area contributed by atoms with Crippen LogP contribution >= 0.6 is 11.3 Å². The molecule has 0 bridgehead atoms. The van der Waals surface area contributed by atoms with Gasteiger partial charge in [0.05, 0.1) is 13.2 Å². The summed E-state index contributed by atoms with van der Waals surface area (Å²) < 4.78 is 5.21. The molecule has 2 aromatic heterocycles. The molecule has 19 heavy (non-hydrogen) atoms. The first-order valence-corrected chi connectivity index (χ1v) is 6.93. The minimum absolute atomic E-state index is 0.00225. The maximum atomic E-state index is 12.0. The fourth-order valence-corrected chi connectivity index (χ4v) is 2.49. The summed E-state index contributed by atoms with van der Waals surface area (Å²) in [5.41, 5.74) is 0.926. The van der Waals surface area contributed by atoms with E-state index in [1.807, 2.05) is 16.8 Å². The van der Waals surface area contributed by atoms with Gasteiger partial charge in [0, 0.05) is 24.0 Å². The number of nitrogens with zero attached hydrogens (tertiary/aromatic N) is 5. The van der Waals surface area contributed by atoms with Crippen molar-refractivity contribution >= 4 is 17.2 Å². The molecule has 1 saturated heterocycles. The largest absolute Gasteiger partial charge is 0.378 e. The second kappa shape index (κ2) is 5.45. The molecule has 7 nitrogen and oxygen atoms in total. The number of hydrogen-bond donors (Lipinski definition) is 0. The Morgan fingerprint density at radius 1 is 1.42 bits per heavy atom. The van der Waals surface area contributed by atoms with Crippen LogP contribution in [0.25, 0.3) is 11.4 Å². The number of amides is 1. The van der Waals surface area contributed by atoms with Gasteiger partial charge in [-0.1, -0.05) is 0 Å². The summed E-state index contributed by atoms with van der Waals surface area (Å²) in [6, 6.07) is 1.93. The highest BCUT2D eigenvalue weighted by atomic mass is 32.1. The van der Waals surface area contributed by atoms with Crippen LogP contribution in [0.3, 0.4) is 0 Å². The number of carbonyl (C=O) groups is 1. The number of carbonyl (C=O) groups excluding carboxylic acids is 1. The summed E-state index contributed by atoms with van der Waals surface area (Å²) in [5.74, 6) is 0.550.